The molecular weight excluding hydrogens is 128 g/mol. The first-order chi connectivity index (χ1) is 3.68. The summed E-state index contributed by atoms with van der Waals surface area (Å²) in [5.41, 5.74) is 0. The summed E-state index contributed by atoms with van der Waals surface area (Å²) in [7, 11) is 0. The summed E-state index contributed by atoms with van der Waals surface area (Å²) in [6.07, 6.45) is 0.0127. The minimum Gasteiger partial charge on any atom is -0.303 e. The number of hydrogen-bond acceptors (Lipinski definition) is 3. The second-order valence-corrected chi connectivity index (χ2v) is 1.51. The van der Waals surface area contributed by atoms with Crippen molar-refractivity contribution in [2.45, 2.75) is 6.42 Å². The molecule has 0 aromatic heterocycles. The Balaban J connectivity index is 3.65. The van der Waals surface area contributed by atoms with Gasteiger partial charge in [0.15, 0.2) is 0 Å². The number of thiol groups is 1. The summed E-state index contributed by atoms with van der Waals surface area (Å²) in [4.78, 5) is 29.5. The number of hydrogen-bond donors (Lipinski definition) is 1. The van der Waals surface area contributed by atoms with Crippen molar-refractivity contribution >= 4 is 29.8 Å². The van der Waals surface area contributed by atoms with E-state index in [2.05, 4.69) is 12.6 Å². The van der Waals surface area contributed by atoms with E-state index in [1.54, 1.807) is 0 Å². The molecular formula is C4H4O3S. The second kappa shape index (κ2) is 3.37. The minimum atomic E-state index is -0.864. The second-order valence-electron chi connectivity index (χ2n) is 1.10. The molecule has 0 saturated carbocycles. The van der Waals surface area contributed by atoms with Crippen molar-refractivity contribution in [1.82, 2.24) is 0 Å². The van der Waals surface area contributed by atoms with Gasteiger partial charge in [0, 0.05) is 0 Å². The summed E-state index contributed by atoms with van der Waals surface area (Å²) in [6, 6.07) is 0. The van der Waals surface area contributed by atoms with Gasteiger partial charge in [0.05, 0.1) is 6.42 Å². The molecule has 44 valence electrons. The van der Waals surface area contributed by atoms with Gasteiger partial charge in [0.25, 0.3) is 5.12 Å². The lowest BCUT2D eigenvalue weighted by Gasteiger charge is -1.80. The van der Waals surface area contributed by atoms with Crippen LogP contribution in [0.25, 0.3) is 0 Å². The molecule has 0 radical (unpaired) electrons. The van der Waals surface area contributed by atoms with Crippen molar-refractivity contribution in [3.63, 3.8) is 0 Å². The van der Waals surface area contributed by atoms with Gasteiger partial charge in [-0.1, -0.05) is 12.6 Å². The molecule has 0 spiro atoms. The van der Waals surface area contributed by atoms with Gasteiger partial charge in [-0.2, -0.15) is 0 Å². The Kier molecular flexibility index (Phi) is 3.10. The molecule has 4 heteroatoms. The fraction of sp³-hybridized carbons (Fsp3) is 0.250. The Hall–Kier alpha value is -0.640. The van der Waals surface area contributed by atoms with Crippen LogP contribution in [-0.2, 0) is 14.4 Å². The van der Waals surface area contributed by atoms with E-state index in [0.29, 0.717) is 6.29 Å². The summed E-state index contributed by atoms with van der Waals surface area (Å²) in [5.74, 6) is -0.761. The summed E-state index contributed by atoms with van der Waals surface area (Å²) < 4.78 is 0. The Morgan fingerprint density at radius 2 is 2.00 bits per heavy atom. The van der Waals surface area contributed by atoms with Gasteiger partial charge in [-0.05, 0) is 0 Å². The van der Waals surface area contributed by atoms with Crippen LogP contribution in [0.3, 0.4) is 0 Å². The highest BCUT2D eigenvalue weighted by molar-refractivity contribution is 7.98. The van der Waals surface area contributed by atoms with Crippen molar-refractivity contribution in [2.24, 2.45) is 0 Å². The Bertz CT molecular complexity index is 129. The highest BCUT2D eigenvalue weighted by Crippen LogP contribution is 1.83. The molecule has 0 aromatic rings. The van der Waals surface area contributed by atoms with E-state index in [1.807, 2.05) is 0 Å². The molecule has 0 aliphatic rings. The quantitative estimate of drug-likeness (QED) is 0.246. The Labute approximate surface area is 51.5 Å². The largest absolute Gasteiger partial charge is 0.303 e. The summed E-state index contributed by atoms with van der Waals surface area (Å²) in [5, 5.41) is -0.864. The molecule has 0 atom stereocenters. The fourth-order valence-electron chi connectivity index (χ4n) is 0.163. The standard InChI is InChI=1S/C4H4O3S/c5-2-1-3(6)4(7)8/h2H,1H2,(H,7,8). The molecule has 0 aromatic carbocycles. The van der Waals surface area contributed by atoms with Crippen molar-refractivity contribution < 1.29 is 14.4 Å². The predicted molar refractivity (Wildman–Crippen MR) is 29.7 cm³/mol. The third-order valence-corrected chi connectivity index (χ3v) is 0.757. The topological polar surface area (TPSA) is 51.2 Å². The maximum atomic E-state index is 10.1. The van der Waals surface area contributed by atoms with Crippen molar-refractivity contribution in [1.29, 1.82) is 0 Å². The first kappa shape index (κ1) is 7.36. The van der Waals surface area contributed by atoms with Crippen molar-refractivity contribution in [3.05, 3.63) is 0 Å². The number of ketones is 1. The third kappa shape index (κ3) is 2.52. The maximum absolute atomic E-state index is 10.1. The average molecular weight is 132 g/mol. The van der Waals surface area contributed by atoms with Crippen molar-refractivity contribution in [2.75, 3.05) is 0 Å². The van der Waals surface area contributed by atoms with Gasteiger partial charge in [-0.15, -0.1) is 0 Å². The van der Waals surface area contributed by atoms with Gasteiger partial charge in [0.2, 0.25) is 5.78 Å². The van der Waals surface area contributed by atoms with Crippen LogP contribution in [0.4, 0.5) is 0 Å². The SMILES string of the molecule is O=CCC(=O)C(=O)S. The molecule has 0 aliphatic heterocycles. The van der Waals surface area contributed by atoms with Crippen LogP contribution >= 0.6 is 12.6 Å². The smallest absolute Gasteiger partial charge is 0.252 e. The van der Waals surface area contributed by atoms with Crippen LogP contribution in [0.5, 0.6) is 0 Å². The van der Waals surface area contributed by atoms with Gasteiger partial charge >= 0.3 is 0 Å². The van der Waals surface area contributed by atoms with E-state index in [9.17, 15) is 14.4 Å². The van der Waals surface area contributed by atoms with Crippen LogP contribution in [0, 0.1) is 0 Å². The molecule has 0 fully saturated rings. The molecule has 3 nitrogen and oxygen atoms in total. The van der Waals surface area contributed by atoms with E-state index in [4.69, 9.17) is 0 Å². The monoisotopic (exact) mass is 132 g/mol. The van der Waals surface area contributed by atoms with Crippen LogP contribution in [0.1, 0.15) is 6.42 Å². The lowest BCUT2D eigenvalue weighted by molar-refractivity contribution is -0.132. The van der Waals surface area contributed by atoms with Crippen LogP contribution in [0.15, 0.2) is 0 Å². The first-order valence-electron chi connectivity index (χ1n) is 1.88. The number of rotatable bonds is 3. The van der Waals surface area contributed by atoms with Crippen LogP contribution in [-0.4, -0.2) is 17.2 Å². The molecule has 8 heavy (non-hydrogen) atoms. The molecule has 0 saturated heterocycles. The molecule has 0 N–H and O–H groups in total. The Morgan fingerprint density at radius 1 is 1.50 bits per heavy atom. The van der Waals surface area contributed by atoms with Gasteiger partial charge in [-0.3, -0.25) is 9.59 Å². The van der Waals surface area contributed by atoms with Crippen LogP contribution in [0.2, 0.25) is 0 Å². The molecule has 0 amide bonds. The molecule has 0 heterocycles. The third-order valence-electron chi connectivity index (χ3n) is 0.507. The van der Waals surface area contributed by atoms with Gasteiger partial charge in [0.1, 0.15) is 6.29 Å². The zero-order chi connectivity index (χ0) is 6.57. The van der Waals surface area contributed by atoms with Gasteiger partial charge < -0.3 is 4.79 Å². The number of Topliss-reactive ketones (excluding diaryl/α,β-unsaturated/α-hetero) is 1. The fourth-order valence-corrected chi connectivity index (χ4v) is 0.254. The summed E-state index contributed by atoms with van der Waals surface area (Å²) >= 11 is 3.18. The first-order valence-corrected chi connectivity index (χ1v) is 2.33. The van der Waals surface area contributed by atoms with E-state index < -0.39 is 10.9 Å². The van der Waals surface area contributed by atoms with E-state index >= 15 is 0 Å². The van der Waals surface area contributed by atoms with E-state index in [-0.39, 0.29) is 6.42 Å². The van der Waals surface area contributed by atoms with Crippen LogP contribution < -0.4 is 0 Å². The summed E-state index contributed by atoms with van der Waals surface area (Å²) in [6.45, 7) is 0. The lowest BCUT2D eigenvalue weighted by atomic mass is 10.3. The zero-order valence-electron chi connectivity index (χ0n) is 3.96. The van der Waals surface area contributed by atoms with E-state index in [0.717, 1.165) is 0 Å². The number of carbonyl (C=O) groups is 3. The van der Waals surface area contributed by atoms with E-state index in [1.165, 1.54) is 0 Å². The number of aldehydes is 1. The average Bonchev–Trinajstić information content (AvgIpc) is 1.67. The van der Waals surface area contributed by atoms with Gasteiger partial charge in [-0.25, -0.2) is 0 Å². The number of carbonyl (C=O) groups excluding carboxylic acids is 3. The highest BCUT2D eigenvalue weighted by Gasteiger charge is 2.05. The molecule has 0 aliphatic carbocycles. The molecule has 0 bridgehead atoms. The highest BCUT2D eigenvalue weighted by atomic mass is 32.1. The normalized spacial score (nSPS) is 8.12. The minimum absolute atomic E-state index is 0.359. The Morgan fingerprint density at radius 3 is 2.12 bits per heavy atom. The lowest BCUT2D eigenvalue weighted by Crippen LogP contribution is -2.06. The zero-order valence-corrected chi connectivity index (χ0v) is 4.85. The molecule has 0 rings (SSSR count). The van der Waals surface area contributed by atoms with Crippen molar-refractivity contribution in [3.8, 4) is 0 Å². The predicted octanol–water partition coefficient (Wildman–Crippen LogP) is -0.399. The molecule has 0 unspecified atom stereocenters. The maximum Gasteiger partial charge on any atom is 0.252 e.